The number of carbonyl (C=O) groups is 2. The van der Waals surface area contributed by atoms with E-state index in [9.17, 15) is 19.8 Å². The van der Waals surface area contributed by atoms with Crippen LogP contribution in [-0.4, -0.2) is 71.0 Å². The molecule has 204 valence electrons. The smallest absolute Gasteiger partial charge is 0.305 e. The van der Waals surface area contributed by atoms with Crippen LogP contribution >= 0.6 is 0 Å². The SMILES string of the molecule is CNC(C)(NC)[C@](O)(COc1cc(C(=O)N[C@@H](CC(=O)O)c2ccccc2C)nn1-c1ccccc1)NC. The molecular formula is C27H36N6O5. The summed E-state index contributed by atoms with van der Waals surface area (Å²) >= 11 is 0. The van der Waals surface area contributed by atoms with Crippen molar-refractivity contribution in [2.45, 2.75) is 37.7 Å². The number of nitrogens with one attached hydrogen (secondary N) is 4. The number of nitrogens with zero attached hydrogens (tertiary/aromatic N) is 2. The number of amides is 1. The van der Waals surface area contributed by atoms with E-state index in [4.69, 9.17) is 4.74 Å². The quantitative estimate of drug-likeness (QED) is 0.183. The largest absolute Gasteiger partial charge is 0.481 e. The highest BCUT2D eigenvalue weighted by Crippen LogP contribution is 2.25. The molecular weight excluding hydrogens is 488 g/mol. The molecule has 0 saturated carbocycles. The topological polar surface area (TPSA) is 150 Å². The summed E-state index contributed by atoms with van der Waals surface area (Å²) in [5.41, 5.74) is -0.272. The third-order valence-corrected chi connectivity index (χ3v) is 6.83. The molecule has 1 amide bonds. The molecule has 2 aromatic carbocycles. The first-order chi connectivity index (χ1) is 18.1. The number of carboxylic acids is 1. The van der Waals surface area contributed by atoms with Crippen LogP contribution in [0.25, 0.3) is 5.69 Å². The predicted molar refractivity (Wildman–Crippen MR) is 143 cm³/mol. The second kappa shape index (κ2) is 12.2. The fourth-order valence-electron chi connectivity index (χ4n) is 4.14. The minimum atomic E-state index is -1.55. The van der Waals surface area contributed by atoms with E-state index in [1.165, 1.54) is 10.7 Å². The van der Waals surface area contributed by atoms with Gasteiger partial charge in [0.2, 0.25) is 5.88 Å². The fourth-order valence-corrected chi connectivity index (χ4v) is 4.14. The number of hydrogen-bond donors (Lipinski definition) is 6. The van der Waals surface area contributed by atoms with Crippen LogP contribution in [0.2, 0.25) is 0 Å². The molecule has 0 fully saturated rings. The van der Waals surface area contributed by atoms with E-state index in [2.05, 4.69) is 26.4 Å². The van der Waals surface area contributed by atoms with Gasteiger partial charge in [0.25, 0.3) is 5.91 Å². The average molecular weight is 525 g/mol. The molecule has 2 atom stereocenters. The number of carboxylic acid groups (broad SMARTS) is 1. The van der Waals surface area contributed by atoms with Gasteiger partial charge in [-0.3, -0.25) is 25.5 Å². The zero-order chi connectivity index (χ0) is 27.9. The minimum absolute atomic E-state index is 0.0332. The van der Waals surface area contributed by atoms with Gasteiger partial charge in [0, 0.05) is 6.07 Å². The van der Waals surface area contributed by atoms with Gasteiger partial charge in [-0.15, -0.1) is 0 Å². The van der Waals surface area contributed by atoms with E-state index in [0.717, 1.165) is 5.56 Å². The fraction of sp³-hybridized carbons (Fsp3) is 0.370. The summed E-state index contributed by atoms with van der Waals surface area (Å²) in [4.78, 5) is 24.9. The number of likely N-dealkylation sites (N-methyl/N-ethyl adjacent to an activating group) is 3. The van der Waals surface area contributed by atoms with E-state index >= 15 is 0 Å². The van der Waals surface area contributed by atoms with Gasteiger partial charge in [0.15, 0.2) is 11.4 Å². The number of benzene rings is 2. The number of aryl methyl sites for hydroxylation is 1. The van der Waals surface area contributed by atoms with Crippen molar-refractivity contribution in [2.75, 3.05) is 27.7 Å². The standard InChI is InChI=1S/C27H36N6O5/c1-18-11-9-10-14-20(18)21(16-24(34)35)31-25(36)22-15-23(33(32-22)19-12-7-6-8-13-19)38-17-27(37,30-5)26(2,28-3)29-4/h6-15,21,28-30,37H,16-17H2,1-5H3,(H,31,36)(H,34,35)/t21-,27+/m0/s1. The second-order valence-electron chi connectivity index (χ2n) is 9.12. The Bertz CT molecular complexity index is 1240. The first kappa shape index (κ1) is 28.8. The van der Waals surface area contributed by atoms with Crippen LogP contribution in [0.3, 0.4) is 0 Å². The Kier molecular flexibility index (Phi) is 9.23. The van der Waals surface area contributed by atoms with Gasteiger partial charge in [0.05, 0.1) is 18.2 Å². The summed E-state index contributed by atoms with van der Waals surface area (Å²) in [6, 6.07) is 17.1. The summed E-state index contributed by atoms with van der Waals surface area (Å²) in [5, 5.41) is 37.0. The van der Waals surface area contributed by atoms with Crippen molar-refractivity contribution in [1.29, 1.82) is 0 Å². The van der Waals surface area contributed by atoms with Gasteiger partial charge in [-0.1, -0.05) is 42.5 Å². The summed E-state index contributed by atoms with van der Waals surface area (Å²) < 4.78 is 7.49. The Hall–Kier alpha value is -3.77. The third kappa shape index (κ3) is 6.20. The zero-order valence-electron chi connectivity index (χ0n) is 22.3. The molecule has 0 spiro atoms. The van der Waals surface area contributed by atoms with Crippen molar-refractivity contribution < 1.29 is 24.5 Å². The molecule has 0 bridgehead atoms. The Morgan fingerprint density at radius 1 is 1.03 bits per heavy atom. The molecule has 0 aliphatic rings. The van der Waals surface area contributed by atoms with E-state index < -0.39 is 29.3 Å². The van der Waals surface area contributed by atoms with Gasteiger partial charge in [-0.25, -0.2) is 4.68 Å². The Labute approximate surface area is 222 Å². The van der Waals surface area contributed by atoms with Crippen LogP contribution in [0.4, 0.5) is 0 Å². The van der Waals surface area contributed by atoms with Crippen LogP contribution in [0, 0.1) is 6.92 Å². The molecule has 0 aliphatic heterocycles. The van der Waals surface area contributed by atoms with Crippen molar-refractivity contribution in [3.05, 3.63) is 77.5 Å². The molecule has 6 N–H and O–H groups in total. The maximum atomic E-state index is 13.3. The molecule has 0 unspecified atom stereocenters. The van der Waals surface area contributed by atoms with Gasteiger partial charge in [-0.05, 0) is 58.3 Å². The van der Waals surface area contributed by atoms with Crippen LogP contribution < -0.4 is 26.0 Å². The maximum absolute atomic E-state index is 13.3. The number of aliphatic carboxylic acids is 1. The lowest BCUT2D eigenvalue weighted by Crippen LogP contribution is -2.74. The first-order valence-electron chi connectivity index (χ1n) is 12.2. The lowest BCUT2D eigenvalue weighted by Gasteiger charge is -2.44. The number of aromatic nitrogens is 2. The van der Waals surface area contributed by atoms with Crippen molar-refractivity contribution in [1.82, 2.24) is 31.0 Å². The number of aliphatic hydroxyl groups is 1. The van der Waals surface area contributed by atoms with E-state index in [1.54, 1.807) is 52.3 Å². The van der Waals surface area contributed by atoms with Crippen molar-refractivity contribution >= 4 is 11.9 Å². The minimum Gasteiger partial charge on any atom is -0.481 e. The lowest BCUT2D eigenvalue weighted by atomic mass is 9.98. The number of hydrogen-bond acceptors (Lipinski definition) is 8. The van der Waals surface area contributed by atoms with E-state index in [-0.39, 0.29) is 24.6 Å². The lowest BCUT2D eigenvalue weighted by molar-refractivity contribution is -0.137. The van der Waals surface area contributed by atoms with E-state index in [1.807, 2.05) is 37.3 Å². The van der Waals surface area contributed by atoms with Crippen LogP contribution in [0.5, 0.6) is 5.88 Å². The number of carbonyl (C=O) groups excluding carboxylic acids is 1. The molecule has 1 aromatic heterocycles. The molecule has 3 aromatic rings. The summed E-state index contributed by atoms with van der Waals surface area (Å²) in [6.45, 7) is 3.43. The number of rotatable bonds is 13. The molecule has 11 nitrogen and oxygen atoms in total. The summed E-state index contributed by atoms with van der Waals surface area (Å²) in [5.74, 6) is -1.38. The van der Waals surface area contributed by atoms with Crippen molar-refractivity contribution in [2.24, 2.45) is 0 Å². The molecule has 11 heteroatoms. The Balaban J connectivity index is 1.95. The highest BCUT2D eigenvalue weighted by atomic mass is 16.5. The number of para-hydroxylation sites is 1. The van der Waals surface area contributed by atoms with Crippen LogP contribution in [-0.2, 0) is 4.79 Å². The summed E-state index contributed by atoms with van der Waals surface area (Å²) in [7, 11) is 5.02. The van der Waals surface area contributed by atoms with Crippen molar-refractivity contribution in [3.63, 3.8) is 0 Å². The third-order valence-electron chi connectivity index (χ3n) is 6.83. The Morgan fingerprint density at radius 2 is 1.66 bits per heavy atom. The average Bonchev–Trinajstić information content (AvgIpc) is 3.36. The predicted octanol–water partition coefficient (Wildman–Crippen LogP) is 1.57. The summed E-state index contributed by atoms with van der Waals surface area (Å²) in [6.07, 6.45) is -0.291. The normalized spacial score (nSPS) is 13.9. The Morgan fingerprint density at radius 3 is 2.24 bits per heavy atom. The number of ether oxygens (including phenoxy) is 1. The molecule has 1 heterocycles. The molecule has 3 rings (SSSR count). The highest BCUT2D eigenvalue weighted by Gasteiger charge is 2.45. The maximum Gasteiger partial charge on any atom is 0.305 e. The monoisotopic (exact) mass is 524 g/mol. The van der Waals surface area contributed by atoms with Gasteiger partial charge in [-0.2, -0.15) is 5.10 Å². The molecule has 0 aliphatic carbocycles. The molecule has 0 saturated heterocycles. The zero-order valence-corrected chi connectivity index (χ0v) is 22.3. The molecule has 0 radical (unpaired) electrons. The first-order valence-corrected chi connectivity index (χ1v) is 12.2. The van der Waals surface area contributed by atoms with Gasteiger partial charge >= 0.3 is 5.97 Å². The highest BCUT2D eigenvalue weighted by molar-refractivity contribution is 5.93. The second-order valence-corrected chi connectivity index (χ2v) is 9.12. The van der Waals surface area contributed by atoms with Gasteiger partial charge < -0.3 is 20.3 Å². The van der Waals surface area contributed by atoms with Crippen LogP contribution in [0.1, 0.15) is 41.0 Å². The van der Waals surface area contributed by atoms with Crippen LogP contribution in [0.15, 0.2) is 60.7 Å². The van der Waals surface area contributed by atoms with Gasteiger partial charge in [0.1, 0.15) is 12.3 Å². The van der Waals surface area contributed by atoms with E-state index in [0.29, 0.717) is 11.3 Å². The van der Waals surface area contributed by atoms with Crippen molar-refractivity contribution in [3.8, 4) is 11.6 Å². The molecule has 38 heavy (non-hydrogen) atoms.